The summed E-state index contributed by atoms with van der Waals surface area (Å²) in [4.78, 5) is 10.6. The molecule has 0 atom stereocenters. The topological polar surface area (TPSA) is 49.3 Å². The summed E-state index contributed by atoms with van der Waals surface area (Å²) in [7, 11) is 0. The maximum atomic E-state index is 10.6. The monoisotopic (exact) mass is 245 g/mol. The van der Waals surface area contributed by atoms with Crippen molar-refractivity contribution in [3.05, 3.63) is 11.6 Å². The molecular formula is C12H23NO2S. The van der Waals surface area contributed by atoms with Crippen molar-refractivity contribution < 1.29 is 9.90 Å². The Morgan fingerprint density at radius 3 is 2.38 bits per heavy atom. The molecule has 0 saturated heterocycles. The number of hydrogen-bond donors (Lipinski definition) is 2. The average molecular weight is 245 g/mol. The maximum absolute atomic E-state index is 10.6. The zero-order valence-corrected chi connectivity index (χ0v) is 11.5. The molecule has 0 aromatic carbocycles. The second-order valence-electron chi connectivity index (χ2n) is 3.92. The lowest BCUT2D eigenvalue weighted by Crippen LogP contribution is -2.36. The van der Waals surface area contributed by atoms with Crippen LogP contribution in [0.1, 0.15) is 33.6 Å². The van der Waals surface area contributed by atoms with Gasteiger partial charge in [-0.05, 0) is 26.0 Å². The van der Waals surface area contributed by atoms with Crippen LogP contribution in [0.25, 0.3) is 0 Å². The van der Waals surface area contributed by atoms with Gasteiger partial charge in [0.05, 0.1) is 0 Å². The highest BCUT2D eigenvalue weighted by Crippen LogP contribution is 2.29. The summed E-state index contributed by atoms with van der Waals surface area (Å²) in [5, 5.41) is 12.0. The number of carbonyl (C=O) groups is 1. The summed E-state index contributed by atoms with van der Waals surface area (Å²) in [6.45, 7) is 7.55. The van der Waals surface area contributed by atoms with E-state index in [2.05, 4.69) is 25.4 Å². The standard InChI is InChI=1S/C12H23NO2S/c1-5-12(6-2,16-4)9-13-8-7-10(3)11(14)15/h7,13H,5-6,8-9H2,1-4H3,(H,14,15)/b10-7-. The van der Waals surface area contributed by atoms with Crippen LogP contribution in [-0.2, 0) is 4.79 Å². The lowest BCUT2D eigenvalue weighted by atomic mass is 10.0. The number of carboxylic acids is 1. The molecule has 4 heteroatoms. The van der Waals surface area contributed by atoms with E-state index in [4.69, 9.17) is 5.11 Å². The highest BCUT2D eigenvalue weighted by atomic mass is 32.2. The van der Waals surface area contributed by atoms with E-state index in [1.165, 1.54) is 0 Å². The Hall–Kier alpha value is -0.480. The molecular weight excluding hydrogens is 222 g/mol. The van der Waals surface area contributed by atoms with Crippen molar-refractivity contribution in [3.8, 4) is 0 Å². The molecule has 0 saturated carbocycles. The molecule has 0 aliphatic heterocycles. The van der Waals surface area contributed by atoms with Gasteiger partial charge >= 0.3 is 5.97 Å². The molecule has 94 valence electrons. The molecule has 0 aliphatic carbocycles. The zero-order chi connectivity index (χ0) is 12.6. The Kier molecular flexibility index (Phi) is 7.51. The van der Waals surface area contributed by atoms with E-state index >= 15 is 0 Å². The molecule has 0 unspecified atom stereocenters. The van der Waals surface area contributed by atoms with Crippen LogP contribution in [0.5, 0.6) is 0 Å². The fourth-order valence-corrected chi connectivity index (χ4v) is 2.30. The molecule has 0 aliphatic rings. The van der Waals surface area contributed by atoms with Gasteiger partial charge in [-0.2, -0.15) is 11.8 Å². The van der Waals surface area contributed by atoms with Crippen LogP contribution in [0.2, 0.25) is 0 Å². The fourth-order valence-electron chi connectivity index (χ4n) is 1.47. The van der Waals surface area contributed by atoms with Crippen LogP contribution >= 0.6 is 11.8 Å². The second-order valence-corrected chi connectivity index (χ2v) is 5.19. The zero-order valence-electron chi connectivity index (χ0n) is 10.7. The molecule has 0 heterocycles. The van der Waals surface area contributed by atoms with Crippen molar-refractivity contribution in [2.75, 3.05) is 19.3 Å². The summed E-state index contributed by atoms with van der Waals surface area (Å²) in [6.07, 6.45) is 6.10. The third-order valence-corrected chi connectivity index (χ3v) is 4.65. The highest BCUT2D eigenvalue weighted by Gasteiger charge is 2.23. The maximum Gasteiger partial charge on any atom is 0.330 e. The molecule has 0 fully saturated rings. The van der Waals surface area contributed by atoms with Crippen molar-refractivity contribution in [3.63, 3.8) is 0 Å². The van der Waals surface area contributed by atoms with E-state index in [1.807, 2.05) is 11.8 Å². The minimum atomic E-state index is -0.844. The van der Waals surface area contributed by atoms with Crippen LogP contribution < -0.4 is 5.32 Å². The summed E-state index contributed by atoms with van der Waals surface area (Å²) < 4.78 is 0.283. The van der Waals surface area contributed by atoms with Gasteiger partial charge in [-0.15, -0.1) is 0 Å². The summed E-state index contributed by atoms with van der Waals surface area (Å²) in [5.74, 6) is -0.844. The van der Waals surface area contributed by atoms with Crippen LogP contribution in [0.4, 0.5) is 0 Å². The van der Waals surface area contributed by atoms with Crippen molar-refractivity contribution in [2.24, 2.45) is 0 Å². The van der Waals surface area contributed by atoms with Crippen molar-refractivity contribution in [1.29, 1.82) is 0 Å². The van der Waals surface area contributed by atoms with Crippen LogP contribution in [0.3, 0.4) is 0 Å². The number of rotatable bonds is 8. The molecule has 0 radical (unpaired) electrons. The predicted octanol–water partition coefficient (Wildman–Crippen LogP) is 2.53. The quantitative estimate of drug-likeness (QED) is 0.509. The molecule has 0 rings (SSSR count). The third kappa shape index (κ3) is 5.03. The second kappa shape index (κ2) is 7.74. The number of thioether (sulfide) groups is 1. The predicted molar refractivity (Wildman–Crippen MR) is 71.1 cm³/mol. The van der Waals surface area contributed by atoms with Crippen LogP contribution in [0, 0.1) is 0 Å². The van der Waals surface area contributed by atoms with Gasteiger partial charge in [0.25, 0.3) is 0 Å². The van der Waals surface area contributed by atoms with Gasteiger partial charge in [-0.3, -0.25) is 0 Å². The fraction of sp³-hybridized carbons (Fsp3) is 0.750. The molecule has 0 aromatic rings. The van der Waals surface area contributed by atoms with Gasteiger partial charge in [-0.25, -0.2) is 4.79 Å². The van der Waals surface area contributed by atoms with Gasteiger partial charge in [0.2, 0.25) is 0 Å². The first-order valence-corrected chi connectivity index (χ1v) is 6.89. The molecule has 0 aromatic heterocycles. The SMILES string of the molecule is CCC(CC)(CNC/C=C(/C)C(=O)O)SC. The molecule has 16 heavy (non-hydrogen) atoms. The number of hydrogen-bond acceptors (Lipinski definition) is 3. The first-order chi connectivity index (χ1) is 7.51. The lowest BCUT2D eigenvalue weighted by Gasteiger charge is -2.29. The Labute approximate surface area is 103 Å². The van der Waals surface area contributed by atoms with Gasteiger partial charge in [0, 0.05) is 23.4 Å². The summed E-state index contributed by atoms with van der Waals surface area (Å²) in [5.41, 5.74) is 0.398. The van der Waals surface area contributed by atoms with Gasteiger partial charge in [0.1, 0.15) is 0 Å². The number of aliphatic carboxylic acids is 1. The minimum Gasteiger partial charge on any atom is -0.478 e. The van der Waals surface area contributed by atoms with E-state index in [-0.39, 0.29) is 4.75 Å². The van der Waals surface area contributed by atoms with E-state index in [9.17, 15) is 4.79 Å². The minimum absolute atomic E-state index is 0.283. The van der Waals surface area contributed by atoms with E-state index in [0.29, 0.717) is 12.1 Å². The number of carboxylic acid groups (broad SMARTS) is 1. The first kappa shape index (κ1) is 15.5. The van der Waals surface area contributed by atoms with E-state index in [1.54, 1.807) is 13.0 Å². The van der Waals surface area contributed by atoms with Gasteiger partial charge in [0.15, 0.2) is 0 Å². The molecule has 2 N–H and O–H groups in total. The van der Waals surface area contributed by atoms with Crippen LogP contribution in [0.15, 0.2) is 11.6 Å². The van der Waals surface area contributed by atoms with E-state index in [0.717, 1.165) is 19.4 Å². The van der Waals surface area contributed by atoms with Crippen molar-refractivity contribution in [2.45, 2.75) is 38.4 Å². The Morgan fingerprint density at radius 1 is 1.44 bits per heavy atom. The first-order valence-electron chi connectivity index (χ1n) is 5.67. The van der Waals surface area contributed by atoms with Gasteiger partial charge < -0.3 is 10.4 Å². The molecule has 3 nitrogen and oxygen atoms in total. The smallest absolute Gasteiger partial charge is 0.330 e. The van der Waals surface area contributed by atoms with Gasteiger partial charge in [-0.1, -0.05) is 19.9 Å². The Bertz CT molecular complexity index is 239. The summed E-state index contributed by atoms with van der Waals surface area (Å²) >= 11 is 1.88. The molecule has 0 spiro atoms. The summed E-state index contributed by atoms with van der Waals surface area (Å²) in [6, 6.07) is 0. The largest absolute Gasteiger partial charge is 0.478 e. The van der Waals surface area contributed by atoms with Crippen LogP contribution in [-0.4, -0.2) is 35.2 Å². The van der Waals surface area contributed by atoms with E-state index < -0.39 is 5.97 Å². The third-order valence-electron chi connectivity index (χ3n) is 3.06. The highest BCUT2D eigenvalue weighted by molar-refractivity contribution is 8.00. The Morgan fingerprint density at radius 2 is 2.00 bits per heavy atom. The Balaban J connectivity index is 4.06. The molecule has 0 amide bonds. The lowest BCUT2D eigenvalue weighted by molar-refractivity contribution is -0.132. The van der Waals surface area contributed by atoms with Crippen molar-refractivity contribution >= 4 is 17.7 Å². The van der Waals surface area contributed by atoms with Crippen molar-refractivity contribution in [1.82, 2.24) is 5.32 Å². The number of nitrogens with one attached hydrogen (secondary N) is 1. The molecule has 0 bridgehead atoms. The normalized spacial score (nSPS) is 12.9. The average Bonchev–Trinajstić information content (AvgIpc) is 2.30.